The summed E-state index contributed by atoms with van der Waals surface area (Å²) in [6.07, 6.45) is -3.05. The minimum atomic E-state index is -0.906. The molecule has 2 saturated heterocycles. The van der Waals surface area contributed by atoms with Crippen LogP contribution >= 0.6 is 11.8 Å². The zero-order valence-corrected chi connectivity index (χ0v) is 17.5. The van der Waals surface area contributed by atoms with E-state index in [0.717, 1.165) is 11.8 Å². The molecule has 0 bridgehead atoms. The molecule has 9 heteroatoms. The van der Waals surface area contributed by atoms with Crippen molar-refractivity contribution in [3.63, 3.8) is 0 Å². The number of esters is 2. The van der Waals surface area contributed by atoms with Crippen molar-refractivity contribution >= 4 is 28.8 Å². The lowest BCUT2D eigenvalue weighted by molar-refractivity contribution is -0.215. The van der Waals surface area contributed by atoms with Crippen LogP contribution in [-0.4, -0.2) is 59.3 Å². The van der Waals surface area contributed by atoms with Gasteiger partial charge in [-0.25, -0.2) is 4.79 Å². The number of rotatable bonds is 6. The summed E-state index contributed by atoms with van der Waals surface area (Å²) in [5, 5.41) is -0.774. The second-order valence-electron chi connectivity index (χ2n) is 7.26. The maximum Gasteiger partial charge on any atom is 0.338 e. The molecule has 2 heterocycles. The second-order valence-corrected chi connectivity index (χ2v) is 8.67. The van der Waals surface area contributed by atoms with Gasteiger partial charge in [0.25, 0.3) is 0 Å². The number of hydrogen-bond acceptors (Lipinski definition) is 9. The quantitative estimate of drug-likeness (QED) is 0.637. The highest BCUT2D eigenvalue weighted by atomic mass is 32.2. The lowest BCUT2D eigenvalue weighted by Crippen LogP contribution is -2.44. The molecule has 0 unspecified atom stereocenters. The third-order valence-electron chi connectivity index (χ3n) is 4.41. The lowest BCUT2D eigenvalue weighted by atomic mass is 10.1. The molecule has 2 fully saturated rings. The molecule has 0 amide bonds. The van der Waals surface area contributed by atoms with Crippen LogP contribution in [0.4, 0.5) is 0 Å². The van der Waals surface area contributed by atoms with E-state index < -0.39 is 47.6 Å². The van der Waals surface area contributed by atoms with E-state index in [9.17, 15) is 14.4 Å². The number of ether oxygens (including phenoxy) is 5. The highest BCUT2D eigenvalue weighted by Crippen LogP contribution is 2.42. The van der Waals surface area contributed by atoms with Crippen molar-refractivity contribution in [3.05, 3.63) is 35.9 Å². The topological polar surface area (TPSA) is 97.4 Å². The summed E-state index contributed by atoms with van der Waals surface area (Å²) >= 11 is 0.960. The first kappa shape index (κ1) is 21.8. The van der Waals surface area contributed by atoms with Crippen LogP contribution < -0.4 is 0 Å². The molecular weight excluding hydrogens is 400 g/mol. The second kappa shape index (κ2) is 8.83. The van der Waals surface area contributed by atoms with Crippen LogP contribution in [0.5, 0.6) is 0 Å². The largest absolute Gasteiger partial charge is 0.465 e. The smallest absolute Gasteiger partial charge is 0.338 e. The third kappa shape index (κ3) is 5.36. The van der Waals surface area contributed by atoms with Gasteiger partial charge in [-0.1, -0.05) is 30.0 Å². The molecule has 2 aliphatic rings. The van der Waals surface area contributed by atoms with Crippen molar-refractivity contribution < 1.29 is 38.1 Å². The van der Waals surface area contributed by atoms with Crippen molar-refractivity contribution in [2.45, 2.75) is 63.3 Å². The molecule has 0 saturated carbocycles. The van der Waals surface area contributed by atoms with Gasteiger partial charge in [0, 0.05) is 13.8 Å². The van der Waals surface area contributed by atoms with Gasteiger partial charge in [-0.3, -0.25) is 9.59 Å². The predicted octanol–water partition coefficient (Wildman–Crippen LogP) is 2.30. The zero-order valence-electron chi connectivity index (χ0n) is 16.7. The maximum absolute atomic E-state index is 12.7. The van der Waals surface area contributed by atoms with E-state index >= 15 is 0 Å². The summed E-state index contributed by atoms with van der Waals surface area (Å²) in [5.74, 6) is -1.93. The van der Waals surface area contributed by atoms with Crippen LogP contribution in [-0.2, 0) is 33.3 Å². The van der Waals surface area contributed by atoms with Gasteiger partial charge in [-0.2, -0.15) is 0 Å². The molecule has 3 rings (SSSR count). The molecule has 0 spiro atoms. The maximum atomic E-state index is 12.7. The standard InChI is InChI=1S/C20H24O8S/c1-11(21)24-10-14(29-12(2)22)15-16(17-19(26-15)28-20(3,4)27-17)25-18(23)13-8-6-5-7-9-13/h5-9,14-17,19H,10H2,1-4H3/t14-,15-,16-,17-,19-/m1/s1. The summed E-state index contributed by atoms with van der Waals surface area (Å²) in [6, 6.07) is 8.54. The van der Waals surface area contributed by atoms with E-state index in [0.29, 0.717) is 5.56 Å². The lowest BCUT2D eigenvalue weighted by Gasteiger charge is -2.29. The highest BCUT2D eigenvalue weighted by molar-refractivity contribution is 8.14. The first-order chi connectivity index (χ1) is 13.7. The number of carbonyl (C=O) groups excluding carboxylic acids is 3. The molecule has 0 radical (unpaired) electrons. The summed E-state index contributed by atoms with van der Waals surface area (Å²) in [5.41, 5.74) is 0.378. The Balaban J connectivity index is 1.84. The molecule has 5 atom stereocenters. The zero-order chi connectivity index (χ0) is 21.2. The van der Waals surface area contributed by atoms with Gasteiger partial charge in [0.05, 0.1) is 10.8 Å². The van der Waals surface area contributed by atoms with E-state index in [1.54, 1.807) is 44.2 Å². The van der Waals surface area contributed by atoms with Crippen molar-refractivity contribution in [1.29, 1.82) is 0 Å². The molecule has 8 nitrogen and oxygen atoms in total. The average molecular weight is 424 g/mol. The van der Waals surface area contributed by atoms with Crippen LogP contribution in [0.1, 0.15) is 38.1 Å². The van der Waals surface area contributed by atoms with Gasteiger partial charge >= 0.3 is 11.9 Å². The SMILES string of the molecule is CC(=O)OC[C@@H](SC(C)=O)[C@H]1O[C@@H]2OC(C)(C)O[C@@H]2[C@@H]1OC(=O)c1ccccc1. The van der Waals surface area contributed by atoms with Gasteiger partial charge < -0.3 is 23.7 Å². The fraction of sp³-hybridized carbons (Fsp3) is 0.550. The minimum Gasteiger partial charge on any atom is -0.465 e. The number of hydrogen-bond donors (Lipinski definition) is 0. The number of fused-ring (bicyclic) bond motifs is 1. The molecular formula is C20H24O8S. The van der Waals surface area contributed by atoms with Gasteiger partial charge in [-0.15, -0.1) is 0 Å². The summed E-state index contributed by atoms with van der Waals surface area (Å²) in [7, 11) is 0. The highest BCUT2D eigenvalue weighted by Gasteiger charge is 2.58. The fourth-order valence-electron chi connectivity index (χ4n) is 3.31. The molecule has 0 aliphatic carbocycles. The van der Waals surface area contributed by atoms with Gasteiger partial charge in [0.2, 0.25) is 0 Å². The Hall–Kier alpha value is -1.94. The molecule has 1 aromatic carbocycles. The van der Waals surface area contributed by atoms with E-state index in [4.69, 9.17) is 23.7 Å². The van der Waals surface area contributed by atoms with Gasteiger partial charge in [0.15, 0.2) is 29.4 Å². The first-order valence-corrected chi connectivity index (χ1v) is 10.1. The molecule has 1 aromatic rings. The normalized spacial score (nSPS) is 28.4. The van der Waals surface area contributed by atoms with E-state index in [1.807, 2.05) is 0 Å². The van der Waals surface area contributed by atoms with Gasteiger partial charge in [0.1, 0.15) is 12.7 Å². The Morgan fingerprint density at radius 2 is 1.83 bits per heavy atom. The summed E-state index contributed by atoms with van der Waals surface area (Å²) in [6.45, 7) is 6.08. The Morgan fingerprint density at radius 3 is 2.45 bits per heavy atom. The minimum absolute atomic E-state index is 0.0769. The van der Waals surface area contributed by atoms with Crippen molar-refractivity contribution in [1.82, 2.24) is 0 Å². The van der Waals surface area contributed by atoms with Crippen LogP contribution in [0.2, 0.25) is 0 Å². The Morgan fingerprint density at radius 1 is 1.14 bits per heavy atom. The van der Waals surface area contributed by atoms with E-state index in [1.165, 1.54) is 13.8 Å². The number of carbonyl (C=O) groups is 3. The van der Waals surface area contributed by atoms with Crippen molar-refractivity contribution in [2.75, 3.05) is 6.61 Å². The Labute approximate surface area is 173 Å². The number of thioether (sulfide) groups is 1. The molecule has 158 valence electrons. The monoisotopic (exact) mass is 424 g/mol. The Bertz CT molecular complexity index is 765. The first-order valence-electron chi connectivity index (χ1n) is 9.24. The van der Waals surface area contributed by atoms with Gasteiger partial charge in [-0.05, 0) is 26.0 Å². The average Bonchev–Trinajstić information content (AvgIpc) is 3.11. The fourth-order valence-corrected chi connectivity index (χ4v) is 4.23. The van der Waals surface area contributed by atoms with Crippen LogP contribution in [0.15, 0.2) is 30.3 Å². The molecule has 29 heavy (non-hydrogen) atoms. The molecule has 2 aliphatic heterocycles. The van der Waals surface area contributed by atoms with Crippen LogP contribution in [0.25, 0.3) is 0 Å². The molecule has 0 aromatic heterocycles. The van der Waals surface area contributed by atoms with Crippen LogP contribution in [0, 0.1) is 0 Å². The van der Waals surface area contributed by atoms with Crippen LogP contribution in [0.3, 0.4) is 0 Å². The molecule has 0 N–H and O–H groups in total. The summed E-state index contributed by atoms with van der Waals surface area (Å²) in [4.78, 5) is 35.7. The third-order valence-corrected chi connectivity index (χ3v) is 5.45. The van der Waals surface area contributed by atoms with Crippen molar-refractivity contribution in [2.24, 2.45) is 0 Å². The number of benzene rings is 1. The van der Waals surface area contributed by atoms with E-state index in [2.05, 4.69) is 0 Å². The van der Waals surface area contributed by atoms with Crippen molar-refractivity contribution in [3.8, 4) is 0 Å². The Kier molecular flexibility index (Phi) is 6.62. The predicted molar refractivity (Wildman–Crippen MR) is 103 cm³/mol. The summed E-state index contributed by atoms with van der Waals surface area (Å²) < 4.78 is 28.5. The van der Waals surface area contributed by atoms with E-state index in [-0.39, 0.29) is 11.7 Å².